The molecule has 0 amide bonds. The first-order valence-electron chi connectivity index (χ1n) is 7.03. The third-order valence-electron chi connectivity index (χ3n) is 3.37. The summed E-state index contributed by atoms with van der Waals surface area (Å²) in [4.78, 5) is 24.1. The second-order valence-corrected chi connectivity index (χ2v) is 5.05. The first-order chi connectivity index (χ1) is 11.9. The molecule has 0 atom stereocenters. The molecule has 0 fully saturated rings. The van der Waals surface area contributed by atoms with Gasteiger partial charge < -0.3 is 4.74 Å². The van der Waals surface area contributed by atoms with Gasteiger partial charge in [0, 0.05) is 0 Å². The Morgan fingerprint density at radius 1 is 1.12 bits per heavy atom. The predicted molar refractivity (Wildman–Crippen MR) is 80.7 cm³/mol. The van der Waals surface area contributed by atoms with Crippen molar-refractivity contribution in [1.29, 1.82) is 0 Å². The lowest BCUT2D eigenvalue weighted by molar-refractivity contribution is -0.137. The molecule has 128 valence electrons. The molecule has 0 saturated heterocycles. The molecule has 9 heteroatoms. The Kier molecular flexibility index (Phi) is 4.22. The van der Waals surface area contributed by atoms with Crippen molar-refractivity contribution in [2.24, 2.45) is 0 Å². The number of nitrogens with zero attached hydrogens (tertiary/aromatic N) is 3. The van der Waals surface area contributed by atoms with Gasteiger partial charge in [-0.05, 0) is 30.3 Å². The van der Waals surface area contributed by atoms with Gasteiger partial charge in [0.25, 0.3) is 5.56 Å². The fraction of sp³-hybridized carbons (Fsp3) is 0.125. The molecule has 0 saturated carbocycles. The molecule has 3 aromatic rings. The highest BCUT2D eigenvalue weighted by Gasteiger charge is 2.31. The second-order valence-electron chi connectivity index (χ2n) is 5.05. The van der Waals surface area contributed by atoms with E-state index >= 15 is 0 Å². The molecule has 1 heterocycles. The van der Waals surface area contributed by atoms with E-state index in [0.717, 1.165) is 16.8 Å². The van der Waals surface area contributed by atoms with Crippen LogP contribution >= 0.6 is 0 Å². The van der Waals surface area contributed by atoms with Crippen LogP contribution in [0.5, 0.6) is 0 Å². The highest BCUT2D eigenvalue weighted by atomic mass is 19.4. The largest absolute Gasteiger partial charge is 0.439 e. The van der Waals surface area contributed by atoms with Gasteiger partial charge in [0.05, 0.1) is 16.5 Å². The molecule has 2 aromatic carbocycles. The molecule has 0 aliphatic rings. The van der Waals surface area contributed by atoms with E-state index in [1.54, 1.807) is 18.2 Å². The van der Waals surface area contributed by atoms with Gasteiger partial charge in [0.2, 0.25) is 0 Å². The third kappa shape index (κ3) is 3.49. The molecule has 0 aliphatic carbocycles. The number of rotatable bonds is 3. The Labute approximate surface area is 138 Å². The number of esters is 1. The highest BCUT2D eigenvalue weighted by Crippen LogP contribution is 2.29. The molecule has 0 unspecified atom stereocenters. The van der Waals surface area contributed by atoms with Crippen molar-refractivity contribution in [3.8, 4) is 0 Å². The zero-order valence-electron chi connectivity index (χ0n) is 12.5. The van der Waals surface area contributed by atoms with Crippen molar-refractivity contribution in [1.82, 2.24) is 15.0 Å². The molecule has 25 heavy (non-hydrogen) atoms. The number of carbonyl (C=O) groups excluding carboxylic acids is 1. The maximum atomic E-state index is 12.7. The molecule has 1 aromatic heterocycles. The fourth-order valence-electron chi connectivity index (χ4n) is 2.13. The molecule has 0 radical (unpaired) electrons. The predicted octanol–water partition coefficient (Wildman–Crippen LogP) is 2.62. The van der Waals surface area contributed by atoms with Crippen molar-refractivity contribution in [3.63, 3.8) is 0 Å². The van der Waals surface area contributed by atoms with Crippen molar-refractivity contribution < 1.29 is 22.7 Å². The van der Waals surface area contributed by atoms with Crippen molar-refractivity contribution in [2.75, 3.05) is 0 Å². The van der Waals surface area contributed by atoms with E-state index < -0.39 is 30.0 Å². The van der Waals surface area contributed by atoms with Crippen LogP contribution in [0.15, 0.2) is 53.3 Å². The number of fused-ring (bicyclic) bond motifs is 1. The molecular weight excluding hydrogens is 339 g/mol. The van der Waals surface area contributed by atoms with E-state index in [4.69, 9.17) is 4.74 Å². The van der Waals surface area contributed by atoms with Crippen LogP contribution in [0.3, 0.4) is 0 Å². The van der Waals surface area contributed by atoms with Crippen LogP contribution in [-0.4, -0.2) is 21.0 Å². The summed E-state index contributed by atoms with van der Waals surface area (Å²) in [5, 5.41) is 7.72. The number of halogens is 3. The first kappa shape index (κ1) is 16.6. The number of benzene rings is 2. The Morgan fingerprint density at radius 3 is 2.64 bits per heavy atom. The van der Waals surface area contributed by atoms with Crippen LogP contribution < -0.4 is 5.56 Å². The Balaban J connectivity index is 1.79. The summed E-state index contributed by atoms with van der Waals surface area (Å²) in [5.74, 6) is -1.01. The average Bonchev–Trinajstić information content (AvgIpc) is 2.60. The maximum absolute atomic E-state index is 12.7. The quantitative estimate of drug-likeness (QED) is 0.680. The van der Waals surface area contributed by atoms with Crippen molar-refractivity contribution >= 4 is 16.9 Å². The van der Waals surface area contributed by atoms with Gasteiger partial charge in [-0.1, -0.05) is 23.4 Å². The molecule has 0 N–H and O–H groups in total. The molecule has 0 spiro atoms. The lowest BCUT2D eigenvalue weighted by atomic mass is 10.1. The van der Waals surface area contributed by atoms with Crippen LogP contribution in [0.4, 0.5) is 13.2 Å². The topological polar surface area (TPSA) is 74.1 Å². The van der Waals surface area contributed by atoms with Gasteiger partial charge in [0.15, 0.2) is 6.73 Å². The maximum Gasteiger partial charge on any atom is 0.416 e. The van der Waals surface area contributed by atoms with Gasteiger partial charge in [-0.15, -0.1) is 5.10 Å². The monoisotopic (exact) mass is 349 g/mol. The first-order valence-corrected chi connectivity index (χ1v) is 7.03. The third-order valence-corrected chi connectivity index (χ3v) is 3.37. The number of alkyl halides is 3. The van der Waals surface area contributed by atoms with Crippen LogP contribution in [0.1, 0.15) is 15.9 Å². The zero-order valence-corrected chi connectivity index (χ0v) is 12.5. The Bertz CT molecular complexity index is 999. The zero-order chi connectivity index (χ0) is 18.0. The minimum Gasteiger partial charge on any atom is -0.439 e. The van der Waals surface area contributed by atoms with E-state index in [9.17, 15) is 22.8 Å². The molecule has 6 nitrogen and oxygen atoms in total. The van der Waals surface area contributed by atoms with Gasteiger partial charge in [-0.25, -0.2) is 4.79 Å². The summed E-state index contributed by atoms with van der Waals surface area (Å²) < 4.78 is 43.7. The van der Waals surface area contributed by atoms with E-state index in [1.807, 2.05) is 0 Å². The SMILES string of the molecule is O=C(OCn1nnc2ccccc2c1=O)c1cccc(C(F)(F)F)c1. The standard InChI is InChI=1S/C16H10F3N3O3/c17-16(18,19)11-5-3-4-10(8-11)15(24)25-9-22-14(23)12-6-1-2-7-13(12)20-21-22/h1-8H,9H2. The number of hydrogen-bond acceptors (Lipinski definition) is 5. The number of ether oxygens (including phenoxy) is 1. The van der Waals surface area contributed by atoms with Crippen LogP contribution in [0, 0.1) is 0 Å². The number of aromatic nitrogens is 3. The summed E-state index contributed by atoms with van der Waals surface area (Å²) in [7, 11) is 0. The summed E-state index contributed by atoms with van der Waals surface area (Å²) in [6.07, 6.45) is -4.57. The van der Waals surface area contributed by atoms with E-state index in [-0.39, 0.29) is 10.9 Å². The number of carbonyl (C=O) groups is 1. The summed E-state index contributed by atoms with van der Waals surface area (Å²) in [5.41, 5.74) is -1.39. The van der Waals surface area contributed by atoms with Gasteiger partial charge in [0.1, 0.15) is 5.52 Å². The van der Waals surface area contributed by atoms with Crippen LogP contribution in [0.25, 0.3) is 10.9 Å². The molecule has 0 bridgehead atoms. The molecule has 0 aliphatic heterocycles. The number of hydrogen-bond donors (Lipinski definition) is 0. The van der Waals surface area contributed by atoms with Crippen molar-refractivity contribution in [3.05, 3.63) is 70.0 Å². The normalized spacial score (nSPS) is 11.5. The summed E-state index contributed by atoms with van der Waals surface area (Å²) in [6, 6.07) is 10.3. The lowest BCUT2D eigenvalue weighted by Crippen LogP contribution is -2.26. The summed E-state index contributed by atoms with van der Waals surface area (Å²) in [6.45, 7) is -0.564. The van der Waals surface area contributed by atoms with E-state index in [0.29, 0.717) is 11.6 Å². The fourth-order valence-corrected chi connectivity index (χ4v) is 2.13. The lowest BCUT2D eigenvalue weighted by Gasteiger charge is -2.09. The minimum absolute atomic E-state index is 0.281. The van der Waals surface area contributed by atoms with Gasteiger partial charge >= 0.3 is 12.1 Å². The Hall–Kier alpha value is -3.23. The minimum atomic E-state index is -4.57. The van der Waals surface area contributed by atoms with Crippen LogP contribution in [-0.2, 0) is 17.6 Å². The van der Waals surface area contributed by atoms with Gasteiger partial charge in [-0.2, -0.15) is 17.9 Å². The van der Waals surface area contributed by atoms with Crippen molar-refractivity contribution in [2.45, 2.75) is 12.9 Å². The van der Waals surface area contributed by atoms with E-state index in [1.165, 1.54) is 12.1 Å². The van der Waals surface area contributed by atoms with E-state index in [2.05, 4.69) is 10.3 Å². The Morgan fingerprint density at radius 2 is 1.88 bits per heavy atom. The summed E-state index contributed by atoms with van der Waals surface area (Å²) >= 11 is 0. The molecule has 3 rings (SSSR count). The smallest absolute Gasteiger partial charge is 0.416 e. The van der Waals surface area contributed by atoms with Crippen LogP contribution in [0.2, 0.25) is 0 Å². The second kappa shape index (κ2) is 6.34. The average molecular weight is 349 g/mol. The highest BCUT2D eigenvalue weighted by molar-refractivity contribution is 5.89. The van der Waals surface area contributed by atoms with Gasteiger partial charge in [-0.3, -0.25) is 4.79 Å². The molecular formula is C16H10F3N3O3.